The fraction of sp³-hybridized carbons (Fsp3) is 0.667. The van der Waals surface area contributed by atoms with Crippen LogP contribution in [0.4, 0.5) is 0 Å². The predicted octanol–water partition coefficient (Wildman–Crippen LogP) is 0.714. The van der Waals surface area contributed by atoms with Crippen molar-refractivity contribution in [3.63, 3.8) is 0 Å². The average molecular weight is 186 g/mol. The van der Waals surface area contributed by atoms with Crippen LogP contribution in [0.5, 0.6) is 0 Å². The molecule has 4 nitrogen and oxygen atoms in total. The first-order valence-electron chi connectivity index (χ1n) is 4.06. The molecule has 0 unspecified atom stereocenters. The van der Waals surface area contributed by atoms with E-state index in [0.29, 0.717) is 12.8 Å². The van der Waals surface area contributed by atoms with Gasteiger partial charge >= 0.3 is 0 Å². The molecule has 0 aliphatic heterocycles. The van der Waals surface area contributed by atoms with E-state index in [1.54, 1.807) is 0 Å². The Balaban J connectivity index is 2.33. The quantitative estimate of drug-likeness (QED) is 0.223. The molecule has 2 N–H and O–H groups in total. The third-order valence-corrected chi connectivity index (χ3v) is 2.12. The van der Waals surface area contributed by atoms with E-state index in [-0.39, 0.29) is 12.0 Å². The SMILES string of the molecule is C=C=COOC1(O)CC(C)(CO)C1. The summed E-state index contributed by atoms with van der Waals surface area (Å²) in [6.45, 7) is 5.17. The molecule has 4 heteroatoms. The van der Waals surface area contributed by atoms with Crippen molar-refractivity contribution in [3.8, 4) is 0 Å². The molecule has 0 aromatic heterocycles. The third-order valence-electron chi connectivity index (χ3n) is 2.12. The maximum absolute atomic E-state index is 9.58. The summed E-state index contributed by atoms with van der Waals surface area (Å²) in [5.41, 5.74) is 2.09. The van der Waals surface area contributed by atoms with Gasteiger partial charge in [0.1, 0.15) is 0 Å². The molecule has 1 rings (SSSR count). The van der Waals surface area contributed by atoms with Crippen molar-refractivity contribution in [1.82, 2.24) is 0 Å². The Morgan fingerprint density at radius 2 is 2.23 bits per heavy atom. The fourth-order valence-corrected chi connectivity index (χ4v) is 1.60. The van der Waals surface area contributed by atoms with Gasteiger partial charge in [-0.05, 0) is 0 Å². The summed E-state index contributed by atoms with van der Waals surface area (Å²) in [7, 11) is 0. The molecule has 0 atom stereocenters. The van der Waals surface area contributed by atoms with Crippen LogP contribution in [-0.4, -0.2) is 22.6 Å². The Hall–Kier alpha value is -0.800. The lowest BCUT2D eigenvalue weighted by atomic mass is 9.66. The first-order chi connectivity index (χ1) is 6.04. The first-order valence-corrected chi connectivity index (χ1v) is 4.06. The summed E-state index contributed by atoms with van der Waals surface area (Å²) in [5, 5.41) is 18.5. The zero-order valence-electron chi connectivity index (χ0n) is 7.62. The van der Waals surface area contributed by atoms with Gasteiger partial charge in [0.25, 0.3) is 0 Å². The van der Waals surface area contributed by atoms with Gasteiger partial charge in [-0.2, -0.15) is 4.89 Å². The topological polar surface area (TPSA) is 58.9 Å². The van der Waals surface area contributed by atoms with Crippen LogP contribution in [0.15, 0.2) is 18.6 Å². The van der Waals surface area contributed by atoms with E-state index in [4.69, 9.17) is 5.11 Å². The smallest absolute Gasteiger partial charge is 0.212 e. The van der Waals surface area contributed by atoms with Crippen LogP contribution in [0, 0.1) is 5.41 Å². The van der Waals surface area contributed by atoms with Crippen LogP contribution >= 0.6 is 0 Å². The van der Waals surface area contributed by atoms with Crippen molar-refractivity contribution in [2.45, 2.75) is 25.6 Å². The minimum absolute atomic E-state index is 0.0377. The maximum atomic E-state index is 9.58. The van der Waals surface area contributed by atoms with Crippen molar-refractivity contribution >= 4 is 0 Å². The number of hydrogen-bond donors (Lipinski definition) is 2. The van der Waals surface area contributed by atoms with Crippen LogP contribution in [0.25, 0.3) is 0 Å². The molecule has 0 spiro atoms. The molecule has 0 aromatic rings. The van der Waals surface area contributed by atoms with E-state index in [1.807, 2.05) is 6.92 Å². The molecule has 1 fully saturated rings. The predicted molar refractivity (Wildman–Crippen MR) is 45.3 cm³/mol. The number of hydrogen-bond acceptors (Lipinski definition) is 4. The van der Waals surface area contributed by atoms with E-state index in [1.165, 1.54) is 0 Å². The fourth-order valence-electron chi connectivity index (χ4n) is 1.60. The Morgan fingerprint density at radius 1 is 1.62 bits per heavy atom. The van der Waals surface area contributed by atoms with Crippen LogP contribution in [0.3, 0.4) is 0 Å². The summed E-state index contributed by atoms with van der Waals surface area (Å²) >= 11 is 0. The average Bonchev–Trinajstić information content (AvgIpc) is 2.02. The second-order valence-electron chi connectivity index (χ2n) is 3.77. The van der Waals surface area contributed by atoms with Crippen LogP contribution in [0.1, 0.15) is 19.8 Å². The van der Waals surface area contributed by atoms with Gasteiger partial charge in [-0.25, -0.2) is 0 Å². The number of aliphatic hydroxyl groups excluding tert-OH is 1. The van der Waals surface area contributed by atoms with E-state index in [9.17, 15) is 5.11 Å². The third kappa shape index (κ3) is 2.32. The minimum Gasteiger partial charge on any atom is -0.396 e. The summed E-state index contributed by atoms with van der Waals surface area (Å²) in [4.78, 5) is 9.19. The van der Waals surface area contributed by atoms with Gasteiger partial charge in [0, 0.05) is 24.9 Å². The molecule has 74 valence electrons. The van der Waals surface area contributed by atoms with Gasteiger partial charge in [0.05, 0.1) is 0 Å². The van der Waals surface area contributed by atoms with Gasteiger partial charge in [-0.1, -0.05) is 19.2 Å². The Kier molecular flexibility index (Phi) is 2.78. The molecule has 1 aliphatic rings. The van der Waals surface area contributed by atoms with Crippen molar-refractivity contribution in [3.05, 3.63) is 18.6 Å². The molecule has 0 heterocycles. The lowest BCUT2D eigenvalue weighted by molar-refractivity contribution is -0.436. The molecular formula is C9H14O4. The molecule has 13 heavy (non-hydrogen) atoms. The van der Waals surface area contributed by atoms with Gasteiger partial charge in [-0.15, -0.1) is 0 Å². The standard InChI is InChI=1S/C9H14O4/c1-3-4-12-13-9(11)5-8(2,6-9)7-10/h4,10-11H,1,5-7H2,2H3. The molecule has 0 saturated heterocycles. The number of rotatable bonds is 4. The first kappa shape index (κ1) is 10.3. The van der Waals surface area contributed by atoms with E-state index in [2.05, 4.69) is 22.1 Å². The largest absolute Gasteiger partial charge is 0.396 e. The van der Waals surface area contributed by atoms with Crippen LogP contribution < -0.4 is 0 Å². The highest BCUT2D eigenvalue weighted by Crippen LogP contribution is 2.48. The van der Waals surface area contributed by atoms with Gasteiger partial charge < -0.3 is 15.1 Å². The zero-order chi connectivity index (χ0) is 9.95. The van der Waals surface area contributed by atoms with Gasteiger partial charge in [0.2, 0.25) is 5.79 Å². The lowest BCUT2D eigenvalue weighted by Gasteiger charge is -2.47. The molecule has 0 bridgehead atoms. The van der Waals surface area contributed by atoms with Gasteiger partial charge in [0.15, 0.2) is 6.26 Å². The monoisotopic (exact) mass is 186 g/mol. The molecule has 1 saturated carbocycles. The summed E-state index contributed by atoms with van der Waals surface area (Å²) in [5.74, 6) is -1.27. The van der Waals surface area contributed by atoms with Crippen molar-refractivity contribution in [1.29, 1.82) is 0 Å². The van der Waals surface area contributed by atoms with Crippen molar-refractivity contribution in [2.24, 2.45) is 5.41 Å². The Labute approximate surface area is 77.0 Å². The number of aliphatic hydroxyl groups is 2. The Bertz CT molecular complexity index is 224. The molecule has 0 aromatic carbocycles. The normalized spacial score (nSPS) is 37.5. The summed E-state index contributed by atoms with van der Waals surface area (Å²) < 4.78 is 0. The van der Waals surface area contributed by atoms with Crippen molar-refractivity contribution in [2.75, 3.05) is 6.61 Å². The molecule has 0 amide bonds. The van der Waals surface area contributed by atoms with Gasteiger partial charge in [-0.3, -0.25) is 0 Å². The molecular weight excluding hydrogens is 172 g/mol. The van der Waals surface area contributed by atoms with Crippen molar-refractivity contribution < 1.29 is 20.0 Å². The van der Waals surface area contributed by atoms with Crippen LogP contribution in [-0.2, 0) is 9.78 Å². The van der Waals surface area contributed by atoms with E-state index >= 15 is 0 Å². The maximum Gasteiger partial charge on any atom is 0.212 e. The summed E-state index contributed by atoms with van der Waals surface area (Å²) in [6, 6.07) is 0. The highest BCUT2D eigenvalue weighted by molar-refractivity contribution is 4.95. The zero-order valence-corrected chi connectivity index (χ0v) is 7.62. The lowest BCUT2D eigenvalue weighted by Crippen LogP contribution is -2.53. The minimum atomic E-state index is -1.27. The summed E-state index contributed by atoms with van der Waals surface area (Å²) in [6.07, 6.45) is 1.84. The van der Waals surface area contributed by atoms with E-state index < -0.39 is 5.79 Å². The van der Waals surface area contributed by atoms with Crippen LogP contribution in [0.2, 0.25) is 0 Å². The second kappa shape index (κ2) is 3.52. The molecule has 1 aliphatic carbocycles. The second-order valence-corrected chi connectivity index (χ2v) is 3.77. The Morgan fingerprint density at radius 3 is 2.69 bits per heavy atom. The van der Waals surface area contributed by atoms with E-state index in [0.717, 1.165) is 6.26 Å². The highest BCUT2D eigenvalue weighted by Gasteiger charge is 2.53. The highest BCUT2D eigenvalue weighted by atomic mass is 17.2. The molecule has 0 radical (unpaired) electrons.